The van der Waals surface area contributed by atoms with Crippen molar-refractivity contribution in [3.8, 4) is 11.5 Å². The van der Waals surface area contributed by atoms with Gasteiger partial charge in [-0.2, -0.15) is 5.10 Å². The van der Waals surface area contributed by atoms with E-state index in [4.69, 9.17) is 9.47 Å². The average molecular weight is 383 g/mol. The number of rotatable bonds is 9. The van der Waals surface area contributed by atoms with Crippen LogP contribution in [-0.4, -0.2) is 31.7 Å². The zero-order chi connectivity index (χ0) is 20.4. The Morgan fingerprint density at radius 1 is 1.07 bits per heavy atom. The van der Waals surface area contributed by atoms with Gasteiger partial charge < -0.3 is 14.8 Å². The van der Waals surface area contributed by atoms with Gasteiger partial charge in [-0.3, -0.25) is 9.59 Å². The van der Waals surface area contributed by atoms with Gasteiger partial charge in [-0.25, -0.2) is 5.43 Å². The van der Waals surface area contributed by atoms with Crippen molar-refractivity contribution >= 4 is 23.7 Å². The van der Waals surface area contributed by atoms with Gasteiger partial charge >= 0.3 is 0 Å². The van der Waals surface area contributed by atoms with E-state index in [1.54, 1.807) is 25.3 Å². The molecule has 0 aliphatic heterocycles. The summed E-state index contributed by atoms with van der Waals surface area (Å²) in [7, 11) is 1.56. The fourth-order valence-electron chi connectivity index (χ4n) is 2.43. The summed E-state index contributed by atoms with van der Waals surface area (Å²) in [4.78, 5) is 23.8. The summed E-state index contributed by atoms with van der Waals surface area (Å²) in [5.41, 5.74) is 4.88. The maximum Gasteiger partial charge on any atom is 0.240 e. The Kier molecular flexibility index (Phi) is 8.02. The van der Waals surface area contributed by atoms with Crippen LogP contribution in [0.4, 0.5) is 5.69 Å². The van der Waals surface area contributed by atoms with Crippen molar-refractivity contribution in [2.45, 2.75) is 26.7 Å². The molecule has 0 fully saturated rings. The number of aryl methyl sites for hydroxylation is 1. The van der Waals surface area contributed by atoms with Crippen molar-refractivity contribution < 1.29 is 19.1 Å². The van der Waals surface area contributed by atoms with E-state index in [1.807, 2.05) is 38.1 Å². The number of benzene rings is 2. The van der Waals surface area contributed by atoms with Gasteiger partial charge in [-0.15, -0.1) is 0 Å². The summed E-state index contributed by atoms with van der Waals surface area (Å²) in [5, 5.41) is 6.71. The van der Waals surface area contributed by atoms with E-state index in [2.05, 4.69) is 15.8 Å². The predicted octanol–water partition coefficient (Wildman–Crippen LogP) is 3.27. The number of hydrazone groups is 1. The number of para-hydroxylation sites is 1. The molecule has 0 aromatic heterocycles. The monoisotopic (exact) mass is 383 g/mol. The van der Waals surface area contributed by atoms with Crippen molar-refractivity contribution in [2.75, 3.05) is 19.0 Å². The van der Waals surface area contributed by atoms with Crippen LogP contribution < -0.4 is 20.2 Å². The van der Waals surface area contributed by atoms with Gasteiger partial charge in [0, 0.05) is 18.5 Å². The second-order valence-electron chi connectivity index (χ2n) is 6.00. The number of nitrogens with zero attached hydrogens (tertiary/aromatic N) is 1. The van der Waals surface area contributed by atoms with Crippen LogP contribution in [-0.2, 0) is 9.59 Å². The molecule has 0 bridgehead atoms. The molecule has 2 rings (SSSR count). The molecule has 0 unspecified atom stereocenters. The zero-order valence-electron chi connectivity index (χ0n) is 16.3. The van der Waals surface area contributed by atoms with Crippen molar-refractivity contribution in [3.63, 3.8) is 0 Å². The van der Waals surface area contributed by atoms with E-state index in [0.717, 1.165) is 16.8 Å². The SMILES string of the molecule is CCOc1ccc(C=NNC(=O)CCC(=O)Nc2ccccc2C)cc1OC. The lowest BCUT2D eigenvalue weighted by Gasteiger charge is -2.09. The standard InChI is InChI=1S/C21H25N3O4/c1-4-28-18-10-9-16(13-19(18)27-3)14-22-24-21(26)12-11-20(25)23-17-8-6-5-7-15(17)2/h5-10,13-14H,4,11-12H2,1-3H3,(H,23,25)(H,24,26). The molecule has 0 radical (unpaired) electrons. The summed E-state index contributed by atoms with van der Waals surface area (Å²) in [6.07, 6.45) is 1.62. The molecule has 28 heavy (non-hydrogen) atoms. The summed E-state index contributed by atoms with van der Waals surface area (Å²) in [6.45, 7) is 4.34. The molecular formula is C21H25N3O4. The fraction of sp³-hybridized carbons (Fsp3) is 0.286. The van der Waals surface area contributed by atoms with Crippen LogP contribution in [0.1, 0.15) is 30.9 Å². The summed E-state index contributed by atoms with van der Waals surface area (Å²) < 4.78 is 10.7. The molecule has 0 aliphatic rings. The Bertz CT molecular complexity index is 849. The molecule has 2 N–H and O–H groups in total. The van der Waals surface area contributed by atoms with Crippen molar-refractivity contribution in [3.05, 3.63) is 53.6 Å². The second-order valence-corrected chi connectivity index (χ2v) is 6.00. The van der Waals surface area contributed by atoms with Gasteiger partial charge in [0.25, 0.3) is 0 Å². The quantitative estimate of drug-likeness (QED) is 0.514. The summed E-state index contributed by atoms with van der Waals surface area (Å²) >= 11 is 0. The van der Waals surface area contributed by atoms with E-state index in [9.17, 15) is 9.59 Å². The Balaban J connectivity index is 1.80. The van der Waals surface area contributed by atoms with Crippen LogP contribution >= 0.6 is 0 Å². The molecule has 0 atom stereocenters. The highest BCUT2D eigenvalue weighted by Crippen LogP contribution is 2.27. The second kappa shape index (κ2) is 10.7. The van der Waals surface area contributed by atoms with Gasteiger partial charge in [-0.05, 0) is 49.2 Å². The Labute approximate surface area is 164 Å². The van der Waals surface area contributed by atoms with Crippen LogP contribution in [0.25, 0.3) is 0 Å². The number of nitrogens with one attached hydrogen (secondary N) is 2. The highest BCUT2D eigenvalue weighted by molar-refractivity contribution is 5.94. The van der Waals surface area contributed by atoms with E-state index in [1.165, 1.54) is 6.21 Å². The van der Waals surface area contributed by atoms with Crippen molar-refractivity contribution in [2.24, 2.45) is 5.10 Å². The van der Waals surface area contributed by atoms with Crippen LogP contribution in [0.15, 0.2) is 47.6 Å². The first kappa shape index (κ1) is 21.0. The third-order valence-electron chi connectivity index (χ3n) is 3.89. The molecule has 0 saturated carbocycles. The number of hydrogen-bond donors (Lipinski definition) is 2. The molecule has 2 amide bonds. The molecule has 148 valence electrons. The van der Waals surface area contributed by atoms with E-state index < -0.39 is 0 Å². The highest BCUT2D eigenvalue weighted by atomic mass is 16.5. The average Bonchev–Trinajstić information content (AvgIpc) is 2.69. The lowest BCUT2D eigenvalue weighted by Crippen LogP contribution is -2.20. The number of ether oxygens (including phenoxy) is 2. The summed E-state index contributed by atoms with van der Waals surface area (Å²) in [5.74, 6) is 0.676. The minimum absolute atomic E-state index is 0.0433. The molecule has 2 aromatic carbocycles. The van der Waals surface area contributed by atoms with Gasteiger partial charge in [0.05, 0.1) is 19.9 Å². The molecule has 0 heterocycles. The summed E-state index contributed by atoms with van der Waals surface area (Å²) in [6, 6.07) is 12.8. The number of anilines is 1. The topological polar surface area (TPSA) is 89.0 Å². The first-order valence-electron chi connectivity index (χ1n) is 9.01. The number of hydrogen-bond acceptors (Lipinski definition) is 5. The molecule has 0 saturated heterocycles. The van der Waals surface area contributed by atoms with Gasteiger partial charge in [0.1, 0.15) is 0 Å². The van der Waals surface area contributed by atoms with Crippen LogP contribution in [0.5, 0.6) is 11.5 Å². The van der Waals surface area contributed by atoms with E-state index >= 15 is 0 Å². The van der Waals surface area contributed by atoms with Crippen molar-refractivity contribution in [1.82, 2.24) is 5.43 Å². The van der Waals surface area contributed by atoms with Crippen LogP contribution in [0.3, 0.4) is 0 Å². The van der Waals surface area contributed by atoms with E-state index in [0.29, 0.717) is 18.1 Å². The van der Waals surface area contributed by atoms with Crippen molar-refractivity contribution in [1.29, 1.82) is 0 Å². The Morgan fingerprint density at radius 3 is 2.54 bits per heavy atom. The maximum absolute atomic E-state index is 12.0. The van der Waals surface area contributed by atoms with Crippen LogP contribution in [0, 0.1) is 6.92 Å². The van der Waals surface area contributed by atoms with Gasteiger partial charge in [0.15, 0.2) is 11.5 Å². The van der Waals surface area contributed by atoms with Crippen LogP contribution in [0.2, 0.25) is 0 Å². The number of amides is 2. The third kappa shape index (κ3) is 6.42. The molecule has 0 spiro atoms. The normalized spacial score (nSPS) is 10.5. The first-order valence-corrected chi connectivity index (χ1v) is 9.01. The fourth-order valence-corrected chi connectivity index (χ4v) is 2.43. The molecule has 0 aliphatic carbocycles. The first-order chi connectivity index (χ1) is 13.5. The lowest BCUT2D eigenvalue weighted by molar-refractivity contribution is -0.124. The minimum atomic E-state index is -0.339. The predicted molar refractivity (Wildman–Crippen MR) is 109 cm³/mol. The zero-order valence-corrected chi connectivity index (χ0v) is 16.3. The number of methoxy groups -OCH3 is 1. The third-order valence-corrected chi connectivity index (χ3v) is 3.89. The Hall–Kier alpha value is -3.35. The molecule has 2 aromatic rings. The highest BCUT2D eigenvalue weighted by Gasteiger charge is 2.08. The maximum atomic E-state index is 12.0. The largest absolute Gasteiger partial charge is 0.493 e. The van der Waals surface area contributed by atoms with Gasteiger partial charge in [0.2, 0.25) is 11.8 Å². The number of carbonyl (C=O) groups is 2. The van der Waals surface area contributed by atoms with Gasteiger partial charge in [-0.1, -0.05) is 18.2 Å². The lowest BCUT2D eigenvalue weighted by atomic mass is 10.2. The molecular weight excluding hydrogens is 358 g/mol. The molecule has 7 heteroatoms. The smallest absolute Gasteiger partial charge is 0.240 e. The number of carbonyl (C=O) groups excluding carboxylic acids is 2. The molecule has 7 nitrogen and oxygen atoms in total. The minimum Gasteiger partial charge on any atom is -0.493 e. The van der Waals surface area contributed by atoms with E-state index in [-0.39, 0.29) is 24.7 Å². The Morgan fingerprint density at radius 2 is 1.82 bits per heavy atom.